The summed E-state index contributed by atoms with van der Waals surface area (Å²) in [6.45, 7) is 12.0. The first-order valence-electron chi connectivity index (χ1n) is 34.1. The largest absolute Gasteiger partial charge is 0.508 e. The molecule has 30 nitrogen and oxygen atoms in total. The van der Waals surface area contributed by atoms with Gasteiger partial charge in [-0.25, -0.2) is 4.98 Å². The number of aromatic amines is 1. The monoisotopic (exact) mass is 1390 g/mol. The van der Waals surface area contributed by atoms with Crippen LogP contribution < -0.4 is 64.0 Å². The van der Waals surface area contributed by atoms with E-state index in [4.69, 9.17) is 0 Å². The van der Waals surface area contributed by atoms with Crippen LogP contribution in [-0.4, -0.2) is 187 Å². The summed E-state index contributed by atoms with van der Waals surface area (Å²) in [6.07, 6.45) is 5.07. The van der Waals surface area contributed by atoms with Gasteiger partial charge >= 0.3 is 0 Å². The number of benzene rings is 2. The van der Waals surface area contributed by atoms with Crippen molar-refractivity contribution in [1.29, 1.82) is 0 Å². The fraction of sp³-hybridized carbons (Fsp3) is 0.557. The average molecular weight is 1390 g/mol. The molecule has 0 aliphatic carbocycles. The lowest BCUT2D eigenvalue weighted by atomic mass is 9.85. The first kappa shape index (κ1) is 79.3. The fourth-order valence-electron chi connectivity index (χ4n) is 12.2. The number of likely N-dealkylation sites (N-methyl/N-ethyl adjacent to an activating group) is 2. The number of hydrazine groups is 1. The van der Waals surface area contributed by atoms with Crippen molar-refractivity contribution in [3.63, 3.8) is 0 Å². The standard InChI is InChI=1S/C70H101N15O15/c1-40(58(91)77-50(59(92)71-9)36-43-24-28-46(88)29-25-43)75-66(99)70(8)33-16-14-12-11-13-15-32-69(7,72-10)67(100)84-83-54(90)23-17-21-49(76-42(3)87)60(93)81-56(68(4,5)6)64(97)79-52(37-44-26-30-47(89)31-27-44)65(98)85-35-19-22-53(85)62(95)80-55(41(2)86)63(96)78-51(61(94)82-70)38-45-39-74-57-48(45)20-18-34-73-57/h18,20,24-31,34,39-41,49-53,55-56,72,86,88-89H,11-17,19,21-23,32-33,35-38H2,1-10H3,(H,71,92)(H,73,74)(H,75,99)(H,76,87)(H,77,91)(H,78,96)(H,79,97)(H,80,95)(H,81,93)(H,82,94)(H,83,90)(H,84,100)/t40-,41+,49-,50-,51-,52-,53-,55-,56+,69-,70-/m0/s1. The number of amides is 12. The molecule has 12 amide bonds. The summed E-state index contributed by atoms with van der Waals surface area (Å²) in [6, 6.07) is 4.27. The summed E-state index contributed by atoms with van der Waals surface area (Å²) in [5, 5.41) is 59.3. The molecule has 546 valence electrons. The molecule has 30 heteroatoms. The van der Waals surface area contributed by atoms with E-state index >= 15 is 9.59 Å². The highest BCUT2D eigenvalue weighted by Crippen LogP contribution is 2.26. The predicted octanol–water partition coefficient (Wildman–Crippen LogP) is 0.904. The number of aliphatic hydroxyl groups excluding tert-OH is 1. The van der Waals surface area contributed by atoms with Crippen LogP contribution in [0.1, 0.15) is 156 Å². The van der Waals surface area contributed by atoms with E-state index in [2.05, 4.69) is 74.0 Å². The van der Waals surface area contributed by atoms with Crippen molar-refractivity contribution in [2.45, 2.75) is 224 Å². The molecule has 11 atom stereocenters. The van der Waals surface area contributed by atoms with Gasteiger partial charge in [-0.15, -0.1) is 0 Å². The van der Waals surface area contributed by atoms with Crippen molar-refractivity contribution in [3.05, 3.63) is 89.7 Å². The summed E-state index contributed by atoms with van der Waals surface area (Å²) >= 11 is 0. The highest BCUT2D eigenvalue weighted by atomic mass is 16.3. The summed E-state index contributed by atoms with van der Waals surface area (Å²) in [7, 11) is 3.01. The molecule has 16 N–H and O–H groups in total. The van der Waals surface area contributed by atoms with Gasteiger partial charge in [-0.3, -0.25) is 68.4 Å². The molecular weight excluding hydrogens is 1290 g/mol. The zero-order valence-electron chi connectivity index (χ0n) is 58.8. The quantitative estimate of drug-likeness (QED) is 0.0834. The zero-order valence-corrected chi connectivity index (χ0v) is 58.8. The Labute approximate surface area is 582 Å². The number of nitrogens with zero attached hydrogens (tertiary/aromatic N) is 2. The van der Waals surface area contributed by atoms with Gasteiger partial charge in [0, 0.05) is 64.0 Å². The van der Waals surface area contributed by atoms with Crippen molar-refractivity contribution in [3.8, 4) is 11.5 Å². The number of nitrogens with one attached hydrogen (secondary N) is 13. The van der Waals surface area contributed by atoms with Crippen LogP contribution in [0.2, 0.25) is 0 Å². The number of carbonyl (C=O) groups excluding carboxylic acids is 12. The van der Waals surface area contributed by atoms with E-state index in [1.807, 2.05) is 0 Å². The molecule has 2 aromatic carbocycles. The molecule has 2 aromatic heterocycles. The van der Waals surface area contributed by atoms with Gasteiger partial charge in [-0.05, 0) is 132 Å². The van der Waals surface area contributed by atoms with Gasteiger partial charge in [0.2, 0.25) is 65.0 Å². The minimum Gasteiger partial charge on any atom is -0.508 e. The maximum atomic E-state index is 15.2. The van der Waals surface area contributed by atoms with Crippen LogP contribution >= 0.6 is 0 Å². The lowest BCUT2D eigenvalue weighted by Crippen LogP contribution is -2.64. The van der Waals surface area contributed by atoms with Crippen molar-refractivity contribution in [2.24, 2.45) is 5.41 Å². The molecule has 2 saturated heterocycles. The molecular formula is C70H101N15O15. The van der Waals surface area contributed by atoms with Crippen molar-refractivity contribution in [1.82, 2.24) is 78.9 Å². The van der Waals surface area contributed by atoms with Gasteiger partial charge in [0.15, 0.2) is 0 Å². The second-order valence-electron chi connectivity index (χ2n) is 27.5. The molecule has 100 heavy (non-hydrogen) atoms. The summed E-state index contributed by atoms with van der Waals surface area (Å²) in [4.78, 5) is 179. The van der Waals surface area contributed by atoms with Crippen LogP contribution in [0, 0.1) is 5.41 Å². The molecule has 6 rings (SSSR count). The number of hydrogen-bond donors (Lipinski definition) is 16. The Morgan fingerprint density at radius 2 is 1.32 bits per heavy atom. The Balaban J connectivity index is 1.35. The Kier molecular flexibility index (Phi) is 28.9. The molecule has 0 unspecified atom stereocenters. The first-order chi connectivity index (χ1) is 47.3. The Morgan fingerprint density at radius 3 is 1.94 bits per heavy atom. The van der Waals surface area contributed by atoms with Gasteiger partial charge in [-0.2, -0.15) is 0 Å². The van der Waals surface area contributed by atoms with Gasteiger partial charge in [0.25, 0.3) is 5.91 Å². The lowest BCUT2D eigenvalue weighted by Gasteiger charge is -2.34. The van der Waals surface area contributed by atoms with E-state index < -0.39 is 142 Å². The van der Waals surface area contributed by atoms with Crippen LogP contribution in [-0.2, 0) is 76.8 Å². The number of rotatable bonds is 14. The third kappa shape index (κ3) is 22.7. The summed E-state index contributed by atoms with van der Waals surface area (Å²) < 4.78 is 0. The minimum atomic E-state index is -1.82. The third-order valence-corrected chi connectivity index (χ3v) is 18.4. The Bertz CT molecular complexity index is 3540. The topological polar surface area (TPSA) is 442 Å². The van der Waals surface area contributed by atoms with Crippen LogP contribution in [0.3, 0.4) is 0 Å². The molecule has 0 spiro atoms. The highest BCUT2D eigenvalue weighted by molar-refractivity contribution is 6.00. The van der Waals surface area contributed by atoms with E-state index in [9.17, 15) is 63.3 Å². The van der Waals surface area contributed by atoms with Crippen molar-refractivity contribution >= 4 is 81.9 Å². The maximum absolute atomic E-state index is 15.2. The third-order valence-electron chi connectivity index (χ3n) is 18.4. The fourth-order valence-corrected chi connectivity index (χ4v) is 12.2. The van der Waals surface area contributed by atoms with Gasteiger partial charge in [0.05, 0.1) is 11.6 Å². The number of pyridine rings is 1. The van der Waals surface area contributed by atoms with Crippen LogP contribution in [0.5, 0.6) is 11.5 Å². The number of carbonyl (C=O) groups is 12. The molecule has 0 bridgehead atoms. The SMILES string of the molecule is CNC(=O)[C@H](Cc1ccc(O)cc1)NC(=O)[C@H](C)NC(=O)[C@]1(C)CCCCCCCC[C@](C)(NC)C(=O)NNC(=O)CCC[C@H](NC(C)=O)C(=O)N[C@@H](C(C)(C)C)C(=O)N[C@@H](Cc2ccc(O)cc2)C(=O)N2CCC[C@H]2C(=O)N[C@@H]([C@@H](C)O)C(=O)N[C@@H](Cc2c[nH]c3ncccc23)C(=O)N1. The van der Waals surface area contributed by atoms with E-state index in [0.29, 0.717) is 72.7 Å². The Hall–Kier alpha value is -9.71. The average Bonchev–Trinajstić information content (AvgIpc) is 1.48. The molecule has 0 radical (unpaired) electrons. The highest BCUT2D eigenvalue weighted by Gasteiger charge is 2.44. The van der Waals surface area contributed by atoms with Gasteiger partial charge < -0.3 is 78.4 Å². The Morgan fingerprint density at radius 1 is 0.690 bits per heavy atom. The smallest absolute Gasteiger partial charge is 0.258 e. The molecule has 2 fully saturated rings. The lowest BCUT2D eigenvalue weighted by molar-refractivity contribution is -0.143. The molecule has 0 saturated carbocycles. The summed E-state index contributed by atoms with van der Waals surface area (Å²) in [5.41, 5.74) is 2.96. The van der Waals surface area contributed by atoms with Crippen molar-refractivity contribution < 1.29 is 72.9 Å². The number of hydrogen-bond acceptors (Lipinski definition) is 17. The number of aromatic nitrogens is 2. The molecule has 4 heterocycles. The van der Waals surface area contributed by atoms with Crippen molar-refractivity contribution in [2.75, 3.05) is 20.6 Å². The van der Waals surface area contributed by atoms with Crippen LogP contribution in [0.4, 0.5) is 0 Å². The van der Waals surface area contributed by atoms with E-state index in [-0.39, 0.29) is 75.8 Å². The second kappa shape index (κ2) is 36.4. The van der Waals surface area contributed by atoms with E-state index in [0.717, 1.165) is 0 Å². The second-order valence-corrected chi connectivity index (χ2v) is 27.5. The molecule has 2 aliphatic rings. The van der Waals surface area contributed by atoms with Crippen LogP contribution in [0.25, 0.3) is 11.0 Å². The predicted molar refractivity (Wildman–Crippen MR) is 369 cm³/mol. The number of phenolic OH excluding ortho intramolecular Hbond substituents is 2. The minimum absolute atomic E-state index is 0.00104. The van der Waals surface area contributed by atoms with Gasteiger partial charge in [0.1, 0.15) is 71.0 Å². The number of aromatic hydroxyl groups is 2. The molecule has 2 aliphatic heterocycles. The number of H-pyrrole nitrogens is 1. The number of fused-ring (bicyclic) bond motifs is 2. The number of phenols is 2. The molecule has 4 aromatic rings. The zero-order chi connectivity index (χ0) is 73.6. The van der Waals surface area contributed by atoms with E-state index in [1.165, 1.54) is 76.0 Å². The normalized spacial score (nSPS) is 24.6. The van der Waals surface area contributed by atoms with E-state index in [1.54, 1.807) is 71.4 Å². The first-order valence-corrected chi connectivity index (χ1v) is 34.1. The van der Waals surface area contributed by atoms with Crippen LogP contribution in [0.15, 0.2) is 73.1 Å². The van der Waals surface area contributed by atoms with Gasteiger partial charge in [-0.1, -0.05) is 83.6 Å². The maximum Gasteiger partial charge on any atom is 0.258 e. The number of aliphatic hydroxyl groups is 1. The summed E-state index contributed by atoms with van der Waals surface area (Å²) in [5.74, 6) is -8.98.